The number of benzene rings is 2. The number of hydrogen-bond acceptors (Lipinski definition) is 4. The molecule has 0 bridgehead atoms. The number of carboxylic acids is 1. The fourth-order valence-corrected chi connectivity index (χ4v) is 3.10. The molecule has 0 saturated heterocycles. The van der Waals surface area contributed by atoms with E-state index in [1.165, 1.54) is 0 Å². The lowest BCUT2D eigenvalue weighted by Crippen LogP contribution is -2.53. The van der Waals surface area contributed by atoms with Crippen molar-refractivity contribution in [2.24, 2.45) is 0 Å². The Morgan fingerprint density at radius 3 is 2.48 bits per heavy atom. The van der Waals surface area contributed by atoms with Crippen LogP contribution in [-0.4, -0.2) is 29.0 Å². The van der Waals surface area contributed by atoms with Gasteiger partial charge in [-0.05, 0) is 24.1 Å². The number of amides is 2. The number of anilines is 1. The first-order valence-corrected chi connectivity index (χ1v) is 8.62. The first-order valence-electron chi connectivity index (χ1n) is 8.62. The number of carbonyl (C=O) groups excluding carboxylic acids is 2. The van der Waals surface area contributed by atoms with E-state index in [-0.39, 0.29) is 12.8 Å². The number of hydrogen-bond donors (Lipinski definition) is 3. The Balaban J connectivity index is 1.77. The van der Waals surface area contributed by atoms with Gasteiger partial charge in [0.05, 0.1) is 12.1 Å². The molecule has 1 aliphatic heterocycles. The normalized spacial score (nSPS) is 17.7. The predicted octanol–water partition coefficient (Wildman–Crippen LogP) is 2.28. The fourth-order valence-electron chi connectivity index (χ4n) is 3.10. The van der Waals surface area contributed by atoms with Gasteiger partial charge in [-0.2, -0.15) is 0 Å². The molecule has 0 saturated carbocycles. The highest BCUT2D eigenvalue weighted by Crippen LogP contribution is 2.30. The van der Waals surface area contributed by atoms with E-state index in [1.807, 2.05) is 0 Å². The van der Waals surface area contributed by atoms with Gasteiger partial charge in [0.15, 0.2) is 11.6 Å². The summed E-state index contributed by atoms with van der Waals surface area (Å²) in [4.78, 5) is 36.8. The Hall–Kier alpha value is -3.35. The van der Waals surface area contributed by atoms with Crippen molar-refractivity contribution in [2.75, 3.05) is 5.32 Å². The van der Waals surface area contributed by atoms with Crippen molar-refractivity contribution in [1.29, 1.82) is 0 Å². The predicted molar refractivity (Wildman–Crippen MR) is 98.3 cm³/mol. The van der Waals surface area contributed by atoms with Gasteiger partial charge in [0, 0.05) is 0 Å². The number of rotatable bonds is 6. The number of fused-ring (bicyclic) bond motifs is 1. The minimum absolute atomic E-state index is 0.151. The molecule has 2 unspecified atom stereocenters. The molecule has 3 rings (SSSR count). The minimum Gasteiger partial charge on any atom is -0.479 e. The Bertz CT molecular complexity index is 868. The van der Waals surface area contributed by atoms with Crippen molar-refractivity contribution < 1.29 is 24.2 Å². The van der Waals surface area contributed by atoms with Gasteiger partial charge in [-0.15, -0.1) is 0 Å². The number of para-hydroxylation sites is 2. The third kappa shape index (κ3) is 3.62. The van der Waals surface area contributed by atoms with Crippen LogP contribution in [0.15, 0.2) is 54.6 Å². The zero-order valence-electron chi connectivity index (χ0n) is 14.8. The number of ether oxygens (including phenoxy) is 1. The van der Waals surface area contributed by atoms with E-state index < -0.39 is 29.4 Å². The minimum atomic E-state index is -1.57. The van der Waals surface area contributed by atoms with E-state index in [4.69, 9.17) is 4.74 Å². The molecule has 140 valence electrons. The number of carbonyl (C=O) groups is 3. The van der Waals surface area contributed by atoms with E-state index in [1.54, 1.807) is 61.5 Å². The number of nitrogens with one attached hydrogen (secondary N) is 2. The van der Waals surface area contributed by atoms with Gasteiger partial charge in [-0.3, -0.25) is 9.59 Å². The monoisotopic (exact) mass is 368 g/mol. The summed E-state index contributed by atoms with van der Waals surface area (Å²) in [5, 5.41) is 15.1. The molecule has 7 heteroatoms. The third-order valence-corrected chi connectivity index (χ3v) is 4.59. The van der Waals surface area contributed by atoms with Crippen LogP contribution in [0.5, 0.6) is 5.75 Å². The summed E-state index contributed by atoms with van der Waals surface area (Å²) in [6, 6.07) is 15.4. The fraction of sp³-hybridized carbons (Fsp3) is 0.250. The SMILES string of the molecule is CCC(NC(=O)CC1Oc2ccccc2NC1=O)(C(=O)O)c1ccccc1. The summed E-state index contributed by atoms with van der Waals surface area (Å²) in [6.45, 7) is 1.68. The highest BCUT2D eigenvalue weighted by Gasteiger charge is 2.41. The topological polar surface area (TPSA) is 105 Å². The molecular weight excluding hydrogens is 348 g/mol. The van der Waals surface area contributed by atoms with Crippen LogP contribution in [0.1, 0.15) is 25.3 Å². The van der Waals surface area contributed by atoms with Crippen LogP contribution in [-0.2, 0) is 19.9 Å². The van der Waals surface area contributed by atoms with Gasteiger partial charge in [-0.1, -0.05) is 49.4 Å². The summed E-state index contributed by atoms with van der Waals surface area (Å²) >= 11 is 0. The van der Waals surface area contributed by atoms with Crippen LogP contribution in [0.3, 0.4) is 0 Å². The second-order valence-electron chi connectivity index (χ2n) is 6.27. The molecule has 7 nitrogen and oxygen atoms in total. The van der Waals surface area contributed by atoms with Gasteiger partial charge in [0.1, 0.15) is 5.75 Å². The largest absolute Gasteiger partial charge is 0.479 e. The van der Waals surface area contributed by atoms with Crippen molar-refractivity contribution in [3.8, 4) is 5.75 Å². The maximum absolute atomic E-state index is 12.6. The van der Waals surface area contributed by atoms with E-state index in [0.29, 0.717) is 17.0 Å². The van der Waals surface area contributed by atoms with Crippen molar-refractivity contribution in [1.82, 2.24) is 5.32 Å². The summed E-state index contributed by atoms with van der Waals surface area (Å²) < 4.78 is 5.61. The van der Waals surface area contributed by atoms with Crippen LogP contribution < -0.4 is 15.4 Å². The lowest BCUT2D eigenvalue weighted by molar-refractivity contribution is -0.149. The molecule has 0 fully saturated rings. The first-order chi connectivity index (χ1) is 13.0. The lowest BCUT2D eigenvalue weighted by Gasteiger charge is -2.31. The first kappa shape index (κ1) is 18.4. The molecular formula is C20H20N2O5. The molecule has 2 aromatic rings. The molecule has 0 aliphatic carbocycles. The summed E-state index contributed by atoms with van der Waals surface area (Å²) in [5.74, 6) is -1.72. The average Bonchev–Trinajstić information content (AvgIpc) is 2.67. The standard InChI is InChI=1S/C20H20N2O5/c1-2-20(19(25)26,13-8-4-3-5-9-13)22-17(23)12-16-18(24)21-14-10-6-7-11-15(14)27-16/h3-11,16H,2,12H2,1H3,(H,21,24)(H,22,23)(H,25,26). The van der Waals surface area contributed by atoms with E-state index in [2.05, 4.69) is 10.6 Å². The third-order valence-electron chi connectivity index (χ3n) is 4.59. The second-order valence-corrected chi connectivity index (χ2v) is 6.27. The lowest BCUT2D eigenvalue weighted by atomic mass is 9.87. The van der Waals surface area contributed by atoms with Crippen LogP contribution in [0.4, 0.5) is 5.69 Å². The van der Waals surface area contributed by atoms with Crippen molar-refractivity contribution in [3.63, 3.8) is 0 Å². The molecule has 27 heavy (non-hydrogen) atoms. The molecule has 2 atom stereocenters. The molecule has 0 spiro atoms. The Morgan fingerprint density at radius 2 is 1.81 bits per heavy atom. The molecule has 1 heterocycles. The number of carboxylic acid groups (broad SMARTS) is 1. The van der Waals surface area contributed by atoms with Gasteiger partial charge >= 0.3 is 5.97 Å². The van der Waals surface area contributed by atoms with Gasteiger partial charge in [0.2, 0.25) is 5.91 Å². The summed E-state index contributed by atoms with van der Waals surface area (Å²) in [6.07, 6.45) is -1.17. The summed E-state index contributed by atoms with van der Waals surface area (Å²) in [7, 11) is 0. The van der Waals surface area contributed by atoms with Crippen LogP contribution in [0.2, 0.25) is 0 Å². The molecule has 1 aliphatic rings. The quantitative estimate of drug-likeness (QED) is 0.726. The average molecular weight is 368 g/mol. The maximum atomic E-state index is 12.6. The van der Waals surface area contributed by atoms with Crippen molar-refractivity contribution in [3.05, 3.63) is 60.2 Å². The highest BCUT2D eigenvalue weighted by atomic mass is 16.5. The van der Waals surface area contributed by atoms with Crippen molar-refractivity contribution in [2.45, 2.75) is 31.4 Å². The Labute approximate surface area is 156 Å². The molecule has 0 aromatic heterocycles. The van der Waals surface area contributed by atoms with E-state index in [0.717, 1.165) is 0 Å². The summed E-state index contributed by atoms with van der Waals surface area (Å²) in [5.41, 5.74) is -0.564. The van der Waals surface area contributed by atoms with Crippen molar-refractivity contribution >= 4 is 23.5 Å². The van der Waals surface area contributed by atoms with Gasteiger partial charge in [0.25, 0.3) is 5.91 Å². The van der Waals surface area contributed by atoms with Crippen LogP contribution in [0.25, 0.3) is 0 Å². The molecule has 2 amide bonds. The Kier molecular flexibility index (Phi) is 5.12. The molecule has 2 aromatic carbocycles. The van der Waals surface area contributed by atoms with Crippen LogP contribution in [0, 0.1) is 0 Å². The zero-order chi connectivity index (χ0) is 19.4. The second kappa shape index (κ2) is 7.49. The van der Waals surface area contributed by atoms with E-state index >= 15 is 0 Å². The van der Waals surface area contributed by atoms with Gasteiger partial charge < -0.3 is 20.5 Å². The number of aliphatic carboxylic acids is 1. The smallest absolute Gasteiger partial charge is 0.334 e. The molecule has 3 N–H and O–H groups in total. The Morgan fingerprint density at radius 1 is 1.15 bits per heavy atom. The molecule has 0 radical (unpaired) electrons. The van der Waals surface area contributed by atoms with Gasteiger partial charge in [-0.25, -0.2) is 4.79 Å². The zero-order valence-corrected chi connectivity index (χ0v) is 14.8. The van der Waals surface area contributed by atoms with E-state index in [9.17, 15) is 19.5 Å². The maximum Gasteiger partial charge on any atom is 0.334 e. The highest BCUT2D eigenvalue weighted by molar-refractivity contribution is 6.00. The van der Waals surface area contributed by atoms with Crippen LogP contribution >= 0.6 is 0 Å².